The molecule has 1 fully saturated rings. The molecule has 1 saturated heterocycles. The molecule has 0 unspecified atom stereocenters. The fourth-order valence-corrected chi connectivity index (χ4v) is 3.73. The van der Waals surface area contributed by atoms with E-state index in [-0.39, 0.29) is 24.7 Å². The van der Waals surface area contributed by atoms with Crippen molar-refractivity contribution in [2.45, 2.75) is 19.4 Å². The highest BCUT2D eigenvalue weighted by Gasteiger charge is 2.49. The zero-order valence-electron chi connectivity index (χ0n) is 18.9. The summed E-state index contributed by atoms with van der Waals surface area (Å²) in [6.45, 7) is 1.83. The number of hydrogen-bond acceptors (Lipinski definition) is 7. The molecule has 4 rings (SSSR count). The van der Waals surface area contributed by atoms with E-state index in [4.69, 9.17) is 19.8 Å². The first-order chi connectivity index (χ1) is 17.0. The first-order valence-electron chi connectivity index (χ1n) is 10.6. The second-order valence-electron chi connectivity index (χ2n) is 7.59. The molecule has 186 valence electrons. The van der Waals surface area contributed by atoms with Gasteiger partial charge in [-0.3, -0.25) is 14.4 Å². The first-order valence-corrected chi connectivity index (χ1v) is 10.6. The number of carbonyl (C=O) groups is 3. The molecule has 0 bridgehead atoms. The third kappa shape index (κ3) is 7.88. The van der Waals surface area contributed by atoms with Crippen molar-refractivity contribution in [1.29, 1.82) is 0 Å². The lowest BCUT2D eigenvalue weighted by Gasteiger charge is -2.49. The van der Waals surface area contributed by atoms with Gasteiger partial charge in [0, 0.05) is 44.8 Å². The van der Waals surface area contributed by atoms with Crippen LogP contribution in [0.4, 0.5) is 10.2 Å². The predicted molar refractivity (Wildman–Crippen MR) is 124 cm³/mol. The van der Waals surface area contributed by atoms with Crippen LogP contribution in [0, 0.1) is 11.2 Å². The molecule has 1 aromatic carbocycles. The monoisotopic (exact) mass is 486 g/mol. The van der Waals surface area contributed by atoms with Crippen LogP contribution in [-0.4, -0.2) is 68.2 Å². The molecule has 1 amide bonds. The Bertz CT molecular complexity index is 1040. The Morgan fingerprint density at radius 2 is 1.83 bits per heavy atom. The minimum Gasteiger partial charge on any atom is -0.483 e. The van der Waals surface area contributed by atoms with E-state index in [0.29, 0.717) is 31.6 Å². The zero-order valence-corrected chi connectivity index (χ0v) is 18.9. The first kappa shape index (κ1) is 26.9. The molecule has 3 N–H and O–H groups in total. The van der Waals surface area contributed by atoms with Crippen LogP contribution in [0.2, 0.25) is 0 Å². The van der Waals surface area contributed by atoms with E-state index in [0.717, 1.165) is 18.8 Å². The number of halogens is 1. The van der Waals surface area contributed by atoms with Gasteiger partial charge in [-0.15, -0.1) is 0 Å². The van der Waals surface area contributed by atoms with Crippen LogP contribution in [0.5, 0.6) is 0 Å². The molecule has 1 aliphatic rings. The Balaban J connectivity index is 0.000000655. The van der Waals surface area contributed by atoms with Crippen LogP contribution in [0.15, 0.2) is 61.6 Å². The number of anilines is 1. The molecule has 3 aromatic rings. The van der Waals surface area contributed by atoms with E-state index in [1.165, 1.54) is 12.4 Å². The lowest BCUT2D eigenvalue weighted by molar-refractivity contribution is -0.132. The van der Waals surface area contributed by atoms with E-state index in [9.17, 15) is 9.18 Å². The van der Waals surface area contributed by atoms with Gasteiger partial charge in [0.1, 0.15) is 18.0 Å². The maximum Gasteiger partial charge on any atom is 0.290 e. The van der Waals surface area contributed by atoms with Gasteiger partial charge in [0.2, 0.25) is 5.91 Å². The molecule has 0 spiro atoms. The Labute approximate surface area is 201 Å². The Morgan fingerprint density at radius 1 is 1.11 bits per heavy atom. The number of amides is 1. The average molecular weight is 487 g/mol. The van der Waals surface area contributed by atoms with Gasteiger partial charge in [-0.2, -0.15) is 0 Å². The van der Waals surface area contributed by atoms with E-state index >= 15 is 0 Å². The highest BCUT2D eigenvalue weighted by molar-refractivity contribution is 5.86. The van der Waals surface area contributed by atoms with Crippen LogP contribution in [0.3, 0.4) is 0 Å². The van der Waals surface area contributed by atoms with Crippen molar-refractivity contribution in [3.05, 3.63) is 73.0 Å². The molecule has 0 saturated carbocycles. The van der Waals surface area contributed by atoms with Crippen LogP contribution in [0.1, 0.15) is 12.0 Å². The summed E-state index contributed by atoms with van der Waals surface area (Å²) < 4.78 is 16.2. The van der Waals surface area contributed by atoms with Gasteiger partial charge in [-0.05, 0) is 30.5 Å². The normalized spacial score (nSPS) is 13.1. The average Bonchev–Trinajstić information content (AvgIpc) is 3.35. The molecule has 0 radical (unpaired) electrons. The van der Waals surface area contributed by atoms with E-state index < -0.39 is 5.41 Å². The Hall–Kier alpha value is -4.35. The quantitative estimate of drug-likeness (QED) is 0.318. The third-order valence-electron chi connectivity index (χ3n) is 5.28. The van der Waals surface area contributed by atoms with Gasteiger partial charge in [0.15, 0.2) is 0 Å². The molecule has 11 nitrogen and oxygen atoms in total. The summed E-state index contributed by atoms with van der Waals surface area (Å²) in [4.78, 5) is 44.0. The number of carbonyl (C=O) groups excluding carboxylic acids is 1. The minimum atomic E-state index is -0.678. The summed E-state index contributed by atoms with van der Waals surface area (Å²) in [5.74, 6) is 0.453. The number of hydrogen-bond donors (Lipinski definition) is 3. The van der Waals surface area contributed by atoms with Gasteiger partial charge in [0.25, 0.3) is 12.9 Å². The maximum atomic E-state index is 14.3. The van der Waals surface area contributed by atoms with Crippen LogP contribution >= 0.6 is 0 Å². The number of rotatable bonds is 8. The number of imidazole rings is 1. The standard InChI is InChI=1S/C21H23FN6O.2CH2O2/c22-18-5-2-1-4-17(18)12-21(13-28(14-21)19-6-8-23-15-26-19)20(29)25-7-3-10-27-11-9-24-16-27;2*2-1-3/h1-2,4-6,8-9,11,15-16H,3,7,10,12-14H2,(H,25,29);2*1H,(H,2,3). The van der Waals surface area contributed by atoms with Gasteiger partial charge in [-0.25, -0.2) is 19.3 Å². The van der Waals surface area contributed by atoms with Crippen LogP contribution < -0.4 is 10.2 Å². The smallest absolute Gasteiger partial charge is 0.290 e. The van der Waals surface area contributed by atoms with Crippen LogP contribution in [-0.2, 0) is 27.3 Å². The number of aryl methyl sites for hydroxylation is 1. The molecule has 1 aliphatic heterocycles. The van der Waals surface area contributed by atoms with Crippen molar-refractivity contribution >= 4 is 24.7 Å². The summed E-state index contributed by atoms with van der Waals surface area (Å²) in [6.07, 6.45) is 9.71. The van der Waals surface area contributed by atoms with Gasteiger partial charge in [-0.1, -0.05) is 18.2 Å². The topological polar surface area (TPSA) is 151 Å². The summed E-state index contributed by atoms with van der Waals surface area (Å²) in [7, 11) is 0. The molecule has 3 heterocycles. The van der Waals surface area contributed by atoms with E-state index in [2.05, 4.69) is 20.3 Å². The molecule has 2 aromatic heterocycles. The number of carboxylic acid groups (broad SMARTS) is 2. The van der Waals surface area contributed by atoms with Crippen molar-refractivity contribution in [1.82, 2.24) is 24.8 Å². The minimum absolute atomic E-state index is 0.0447. The van der Waals surface area contributed by atoms with Crippen molar-refractivity contribution in [2.24, 2.45) is 5.41 Å². The fraction of sp³-hybridized carbons (Fsp3) is 0.304. The van der Waals surface area contributed by atoms with Gasteiger partial charge >= 0.3 is 0 Å². The molecular formula is C23H27FN6O5. The second kappa shape index (κ2) is 14.0. The van der Waals surface area contributed by atoms with Crippen molar-refractivity contribution in [3.8, 4) is 0 Å². The van der Waals surface area contributed by atoms with Crippen molar-refractivity contribution in [3.63, 3.8) is 0 Å². The summed E-state index contributed by atoms with van der Waals surface area (Å²) in [5, 5.41) is 16.8. The number of nitrogens with one attached hydrogen (secondary N) is 1. The summed E-state index contributed by atoms with van der Waals surface area (Å²) in [5.41, 5.74) is -0.120. The molecule has 12 heteroatoms. The van der Waals surface area contributed by atoms with Gasteiger partial charge in [0.05, 0.1) is 11.7 Å². The fourth-order valence-electron chi connectivity index (χ4n) is 3.73. The largest absolute Gasteiger partial charge is 0.483 e. The molecule has 0 aliphatic carbocycles. The zero-order chi connectivity index (χ0) is 25.5. The van der Waals surface area contributed by atoms with E-state index in [1.807, 2.05) is 21.7 Å². The Morgan fingerprint density at radius 3 is 2.43 bits per heavy atom. The van der Waals surface area contributed by atoms with Crippen molar-refractivity contribution < 1.29 is 29.0 Å². The molecular weight excluding hydrogens is 459 g/mol. The maximum absolute atomic E-state index is 14.3. The number of nitrogens with zero attached hydrogens (tertiary/aromatic N) is 5. The van der Waals surface area contributed by atoms with E-state index in [1.54, 1.807) is 36.9 Å². The van der Waals surface area contributed by atoms with Crippen molar-refractivity contribution in [2.75, 3.05) is 24.5 Å². The summed E-state index contributed by atoms with van der Waals surface area (Å²) in [6, 6.07) is 8.46. The predicted octanol–water partition coefficient (Wildman–Crippen LogP) is 1.47. The summed E-state index contributed by atoms with van der Waals surface area (Å²) >= 11 is 0. The lowest BCUT2D eigenvalue weighted by Crippen LogP contribution is -2.64. The van der Waals surface area contributed by atoms with Crippen LogP contribution in [0.25, 0.3) is 0 Å². The van der Waals surface area contributed by atoms with Gasteiger partial charge < -0.3 is 25.0 Å². The molecule has 35 heavy (non-hydrogen) atoms. The Kier molecular flexibility index (Phi) is 10.8. The lowest BCUT2D eigenvalue weighted by atomic mass is 9.73. The highest BCUT2D eigenvalue weighted by atomic mass is 19.1. The molecule has 0 atom stereocenters. The third-order valence-corrected chi connectivity index (χ3v) is 5.28. The SMILES string of the molecule is O=C(NCCCn1ccnc1)C1(Cc2ccccc2F)CN(c2ccncn2)C1.O=CO.O=CO. The highest BCUT2D eigenvalue weighted by Crippen LogP contribution is 2.37. The second-order valence-corrected chi connectivity index (χ2v) is 7.59. The number of aromatic nitrogens is 4. The number of benzene rings is 1.